The fourth-order valence-corrected chi connectivity index (χ4v) is 3.57. The minimum atomic E-state index is -0.571. The summed E-state index contributed by atoms with van der Waals surface area (Å²) in [6, 6.07) is 10.8. The average Bonchev–Trinajstić information content (AvgIpc) is 2.74. The Balaban J connectivity index is 2.24. The van der Waals surface area contributed by atoms with Gasteiger partial charge in [-0.1, -0.05) is 43.6 Å². The van der Waals surface area contributed by atoms with Crippen LogP contribution in [0.2, 0.25) is 5.02 Å². The van der Waals surface area contributed by atoms with E-state index < -0.39 is 6.04 Å². The van der Waals surface area contributed by atoms with E-state index in [1.807, 2.05) is 52.8 Å². The van der Waals surface area contributed by atoms with E-state index in [2.05, 4.69) is 11.4 Å². The predicted molar refractivity (Wildman–Crippen MR) is 126 cm³/mol. The molecule has 1 N–H and O–H groups in total. The number of rotatable bonds is 10. The number of amides is 2. The number of aryl methyl sites for hydroxylation is 2. The van der Waals surface area contributed by atoms with E-state index in [-0.39, 0.29) is 18.4 Å². The van der Waals surface area contributed by atoms with Crippen molar-refractivity contribution in [3.8, 4) is 5.75 Å². The summed E-state index contributed by atoms with van der Waals surface area (Å²) in [5.74, 6) is 0.321. The number of carbonyl (C=O) groups is 2. The summed E-state index contributed by atoms with van der Waals surface area (Å²) in [5, 5.41) is 3.54. The van der Waals surface area contributed by atoms with Crippen molar-refractivity contribution >= 4 is 23.4 Å². The minimum absolute atomic E-state index is 0.130. The lowest BCUT2D eigenvalue weighted by Crippen LogP contribution is -2.50. The van der Waals surface area contributed by atoms with Crippen LogP contribution in [0.3, 0.4) is 0 Å². The zero-order chi connectivity index (χ0) is 23.0. The zero-order valence-corrected chi connectivity index (χ0v) is 19.9. The summed E-state index contributed by atoms with van der Waals surface area (Å²) >= 11 is 6.00. The van der Waals surface area contributed by atoms with Gasteiger partial charge in [0.05, 0.1) is 0 Å². The second kappa shape index (κ2) is 11.8. The first-order chi connectivity index (χ1) is 14.8. The maximum atomic E-state index is 13.2. The van der Waals surface area contributed by atoms with Gasteiger partial charge >= 0.3 is 0 Å². The highest BCUT2D eigenvalue weighted by Crippen LogP contribution is 2.24. The zero-order valence-electron chi connectivity index (χ0n) is 19.1. The van der Waals surface area contributed by atoms with Crippen molar-refractivity contribution in [1.82, 2.24) is 10.2 Å². The Kier molecular flexibility index (Phi) is 9.38. The Morgan fingerprint density at radius 2 is 1.77 bits per heavy atom. The molecule has 0 saturated heterocycles. The standard InChI is InChI=1S/C25H33ClN2O3/c1-6-12-27-25(30)22(7-2)28(15-20-8-10-21(26)11-9-20)24(29)16-31-23-14-17(3)13-18(4)19(23)5/h8-11,13-14,22H,6-7,12,15-16H2,1-5H3,(H,27,30). The quantitative estimate of drug-likeness (QED) is 0.562. The van der Waals surface area contributed by atoms with E-state index in [9.17, 15) is 9.59 Å². The molecule has 0 spiro atoms. The number of ether oxygens (including phenoxy) is 1. The molecule has 168 valence electrons. The van der Waals surface area contributed by atoms with Gasteiger partial charge in [0.1, 0.15) is 11.8 Å². The highest BCUT2D eigenvalue weighted by Gasteiger charge is 2.28. The number of nitrogens with zero attached hydrogens (tertiary/aromatic N) is 1. The Hall–Kier alpha value is -2.53. The summed E-state index contributed by atoms with van der Waals surface area (Å²) in [5.41, 5.74) is 4.11. The van der Waals surface area contributed by atoms with Gasteiger partial charge in [-0.2, -0.15) is 0 Å². The SMILES string of the molecule is CCCNC(=O)C(CC)N(Cc1ccc(Cl)cc1)C(=O)COc1cc(C)cc(C)c1C. The summed E-state index contributed by atoms with van der Waals surface area (Å²) < 4.78 is 5.91. The van der Waals surface area contributed by atoms with E-state index in [0.717, 1.165) is 28.7 Å². The molecule has 2 aromatic carbocycles. The van der Waals surface area contributed by atoms with Crippen molar-refractivity contribution in [2.75, 3.05) is 13.2 Å². The first-order valence-corrected chi connectivity index (χ1v) is 11.2. The molecule has 0 saturated carbocycles. The van der Waals surface area contributed by atoms with Crippen molar-refractivity contribution in [2.24, 2.45) is 0 Å². The lowest BCUT2D eigenvalue weighted by Gasteiger charge is -2.30. The van der Waals surface area contributed by atoms with Gasteiger partial charge in [0, 0.05) is 18.1 Å². The maximum absolute atomic E-state index is 13.2. The van der Waals surface area contributed by atoms with Crippen LogP contribution >= 0.6 is 11.6 Å². The van der Waals surface area contributed by atoms with Crippen molar-refractivity contribution in [1.29, 1.82) is 0 Å². The molecule has 0 heterocycles. The van der Waals surface area contributed by atoms with E-state index in [0.29, 0.717) is 30.3 Å². The van der Waals surface area contributed by atoms with Crippen molar-refractivity contribution in [3.05, 3.63) is 63.7 Å². The lowest BCUT2D eigenvalue weighted by molar-refractivity contribution is -0.143. The number of carbonyl (C=O) groups excluding carboxylic acids is 2. The van der Waals surface area contributed by atoms with Gasteiger partial charge in [0.25, 0.3) is 5.91 Å². The molecule has 6 heteroatoms. The molecular weight excluding hydrogens is 412 g/mol. The highest BCUT2D eigenvalue weighted by atomic mass is 35.5. The van der Waals surface area contributed by atoms with Gasteiger partial charge in [0.2, 0.25) is 5.91 Å². The minimum Gasteiger partial charge on any atom is -0.483 e. The normalized spacial score (nSPS) is 11.7. The third-order valence-electron chi connectivity index (χ3n) is 5.32. The van der Waals surface area contributed by atoms with Crippen LogP contribution in [-0.4, -0.2) is 35.9 Å². The Morgan fingerprint density at radius 3 is 2.39 bits per heavy atom. The van der Waals surface area contributed by atoms with Crippen LogP contribution in [0, 0.1) is 20.8 Å². The Labute approximate surface area is 190 Å². The number of halogens is 1. The first kappa shape index (κ1) is 24.7. The molecule has 0 bridgehead atoms. The van der Waals surface area contributed by atoms with Gasteiger partial charge in [-0.05, 0) is 74.1 Å². The molecule has 0 fully saturated rings. The van der Waals surface area contributed by atoms with E-state index in [4.69, 9.17) is 16.3 Å². The molecule has 0 aliphatic carbocycles. The highest BCUT2D eigenvalue weighted by molar-refractivity contribution is 6.30. The first-order valence-electron chi connectivity index (χ1n) is 10.8. The van der Waals surface area contributed by atoms with Crippen molar-refractivity contribution < 1.29 is 14.3 Å². The van der Waals surface area contributed by atoms with Gasteiger partial charge < -0.3 is 15.0 Å². The number of benzene rings is 2. The molecule has 2 rings (SSSR count). The maximum Gasteiger partial charge on any atom is 0.261 e. The molecule has 0 aliphatic rings. The van der Waals surface area contributed by atoms with Gasteiger partial charge in [-0.15, -0.1) is 0 Å². The molecule has 1 atom stereocenters. The molecule has 31 heavy (non-hydrogen) atoms. The fourth-order valence-electron chi connectivity index (χ4n) is 3.45. The lowest BCUT2D eigenvalue weighted by atomic mass is 10.1. The van der Waals surface area contributed by atoms with E-state index >= 15 is 0 Å². The van der Waals surface area contributed by atoms with Crippen LogP contribution < -0.4 is 10.1 Å². The molecule has 0 aromatic heterocycles. The fraction of sp³-hybridized carbons (Fsp3) is 0.440. The van der Waals surface area contributed by atoms with Crippen LogP contribution in [0.15, 0.2) is 36.4 Å². The largest absolute Gasteiger partial charge is 0.483 e. The van der Waals surface area contributed by atoms with Crippen LogP contribution in [0.5, 0.6) is 5.75 Å². The summed E-state index contributed by atoms with van der Waals surface area (Å²) in [7, 11) is 0. The molecule has 0 radical (unpaired) electrons. The van der Waals surface area contributed by atoms with E-state index in [1.54, 1.807) is 17.0 Å². The molecule has 1 unspecified atom stereocenters. The van der Waals surface area contributed by atoms with Crippen LogP contribution in [0.4, 0.5) is 0 Å². The van der Waals surface area contributed by atoms with Crippen LogP contribution in [0.25, 0.3) is 0 Å². The van der Waals surface area contributed by atoms with Crippen molar-refractivity contribution in [3.63, 3.8) is 0 Å². The van der Waals surface area contributed by atoms with Crippen LogP contribution in [0.1, 0.15) is 48.9 Å². The van der Waals surface area contributed by atoms with E-state index in [1.165, 1.54) is 0 Å². The Bertz CT molecular complexity index is 896. The molecular formula is C25H33ClN2O3. The van der Waals surface area contributed by atoms with Gasteiger partial charge in [0.15, 0.2) is 6.61 Å². The summed E-state index contributed by atoms with van der Waals surface area (Å²) in [6.45, 7) is 10.7. The molecule has 2 amide bonds. The topological polar surface area (TPSA) is 58.6 Å². The van der Waals surface area contributed by atoms with Gasteiger partial charge in [-0.25, -0.2) is 0 Å². The monoisotopic (exact) mass is 444 g/mol. The number of hydrogen-bond acceptors (Lipinski definition) is 3. The number of nitrogens with one attached hydrogen (secondary N) is 1. The predicted octanol–water partition coefficient (Wildman–Crippen LogP) is 4.98. The summed E-state index contributed by atoms with van der Waals surface area (Å²) in [4.78, 5) is 27.6. The molecule has 0 aliphatic heterocycles. The van der Waals surface area contributed by atoms with Crippen LogP contribution in [-0.2, 0) is 16.1 Å². The second-order valence-corrected chi connectivity index (χ2v) is 8.29. The Morgan fingerprint density at radius 1 is 1.10 bits per heavy atom. The smallest absolute Gasteiger partial charge is 0.261 e. The van der Waals surface area contributed by atoms with Crippen molar-refractivity contribution in [2.45, 2.75) is 60.0 Å². The third kappa shape index (κ3) is 7.00. The number of hydrogen-bond donors (Lipinski definition) is 1. The molecule has 2 aromatic rings. The second-order valence-electron chi connectivity index (χ2n) is 7.86. The third-order valence-corrected chi connectivity index (χ3v) is 5.57. The molecule has 5 nitrogen and oxygen atoms in total. The average molecular weight is 445 g/mol. The summed E-state index contributed by atoms with van der Waals surface area (Å²) in [6.07, 6.45) is 1.35. The van der Waals surface area contributed by atoms with Gasteiger partial charge in [-0.3, -0.25) is 9.59 Å².